The maximum atomic E-state index is 12.6. The summed E-state index contributed by atoms with van der Waals surface area (Å²) < 4.78 is 0. The number of piperazine rings is 1. The van der Waals surface area contributed by atoms with Gasteiger partial charge in [0.2, 0.25) is 5.91 Å². The summed E-state index contributed by atoms with van der Waals surface area (Å²) in [4.78, 5) is 32.7. The molecule has 0 radical (unpaired) electrons. The topological polar surface area (TPSA) is 47.1 Å². The summed E-state index contributed by atoms with van der Waals surface area (Å²) in [7, 11) is 2.08. The minimum atomic E-state index is -0.164. The molecule has 2 heterocycles. The number of hydrogen-bond donors (Lipinski definition) is 0. The second-order valence-electron chi connectivity index (χ2n) is 7.22. The summed E-state index contributed by atoms with van der Waals surface area (Å²) >= 11 is 0. The van der Waals surface area contributed by atoms with Crippen molar-refractivity contribution in [3.8, 4) is 0 Å². The van der Waals surface area contributed by atoms with Gasteiger partial charge in [-0.3, -0.25) is 4.79 Å². The largest absolute Gasteiger partial charge is 0.333 e. The zero-order chi connectivity index (χ0) is 15.2. The van der Waals surface area contributed by atoms with Crippen molar-refractivity contribution in [1.29, 1.82) is 0 Å². The van der Waals surface area contributed by atoms with Crippen molar-refractivity contribution >= 4 is 11.9 Å². The molecule has 1 saturated carbocycles. The van der Waals surface area contributed by atoms with Crippen molar-refractivity contribution < 1.29 is 9.59 Å². The molecule has 0 atom stereocenters. The number of rotatable bonds is 3. The molecule has 0 aromatic heterocycles. The highest BCUT2D eigenvalue weighted by Crippen LogP contribution is 2.30. The lowest BCUT2D eigenvalue weighted by atomic mass is 9.99. The lowest BCUT2D eigenvalue weighted by molar-refractivity contribution is -0.140. The van der Waals surface area contributed by atoms with Crippen LogP contribution < -0.4 is 0 Å². The van der Waals surface area contributed by atoms with Crippen molar-refractivity contribution in [2.75, 3.05) is 46.3 Å². The van der Waals surface area contributed by atoms with Gasteiger partial charge in [0.15, 0.2) is 0 Å². The molecule has 2 saturated heterocycles. The summed E-state index contributed by atoms with van der Waals surface area (Å²) in [5.74, 6) is 0.0825. The van der Waals surface area contributed by atoms with Gasteiger partial charge in [-0.1, -0.05) is 0 Å². The number of likely N-dealkylation sites (N-methyl/N-ethyl adjacent to an activating group) is 1. The molecule has 0 unspecified atom stereocenters. The van der Waals surface area contributed by atoms with E-state index in [1.807, 2.05) is 9.80 Å². The van der Waals surface area contributed by atoms with Gasteiger partial charge in [-0.05, 0) is 33.7 Å². The summed E-state index contributed by atoms with van der Waals surface area (Å²) in [6.07, 6.45) is 2.25. The number of hydrogen-bond acceptors (Lipinski definition) is 3. The van der Waals surface area contributed by atoms with E-state index in [1.54, 1.807) is 4.90 Å². The molecule has 0 spiro atoms. The molecule has 0 N–H and O–H groups in total. The summed E-state index contributed by atoms with van der Waals surface area (Å²) in [5, 5.41) is 0. The van der Waals surface area contributed by atoms with E-state index in [1.165, 1.54) is 0 Å². The zero-order valence-corrected chi connectivity index (χ0v) is 13.3. The Balaban J connectivity index is 1.60. The van der Waals surface area contributed by atoms with Gasteiger partial charge in [0.05, 0.1) is 5.54 Å². The van der Waals surface area contributed by atoms with E-state index in [0.29, 0.717) is 12.6 Å². The summed E-state index contributed by atoms with van der Waals surface area (Å²) in [6, 6.07) is 0.496. The van der Waals surface area contributed by atoms with Gasteiger partial charge in [-0.25, -0.2) is 4.79 Å². The lowest BCUT2D eigenvalue weighted by Crippen LogP contribution is -2.61. The quantitative estimate of drug-likeness (QED) is 0.759. The molecule has 6 nitrogen and oxygen atoms in total. The molecule has 0 aromatic rings. The third-order valence-electron chi connectivity index (χ3n) is 4.83. The van der Waals surface area contributed by atoms with Crippen LogP contribution in [0.5, 0.6) is 0 Å². The van der Waals surface area contributed by atoms with E-state index >= 15 is 0 Å². The van der Waals surface area contributed by atoms with Gasteiger partial charge in [0.25, 0.3) is 0 Å². The standard InChI is InChI=1S/C15H26N4O2/c1-15(2)11-16(3)6-9-19(15)13(20)10-17-7-8-18(14(17)21)12-4-5-12/h12H,4-11H2,1-3H3. The third-order valence-corrected chi connectivity index (χ3v) is 4.83. The SMILES string of the molecule is CN1CCN(C(=O)CN2CCN(C3CC3)C2=O)C(C)(C)C1. The van der Waals surface area contributed by atoms with Crippen LogP contribution in [0.2, 0.25) is 0 Å². The van der Waals surface area contributed by atoms with Crippen LogP contribution in [0.3, 0.4) is 0 Å². The summed E-state index contributed by atoms with van der Waals surface area (Å²) in [5.41, 5.74) is -0.164. The first-order valence-electron chi connectivity index (χ1n) is 7.93. The smallest absolute Gasteiger partial charge is 0.320 e. The molecular formula is C15H26N4O2. The predicted molar refractivity (Wildman–Crippen MR) is 80.0 cm³/mol. The van der Waals surface area contributed by atoms with Gasteiger partial charge >= 0.3 is 6.03 Å². The highest BCUT2D eigenvalue weighted by atomic mass is 16.2. The number of carbonyl (C=O) groups excluding carboxylic acids is 2. The van der Waals surface area contributed by atoms with Gasteiger partial charge in [0.1, 0.15) is 6.54 Å². The van der Waals surface area contributed by atoms with Crippen LogP contribution in [-0.4, -0.2) is 89.4 Å². The predicted octanol–water partition coefficient (Wildman–Crippen LogP) is 0.439. The molecule has 21 heavy (non-hydrogen) atoms. The molecule has 3 aliphatic rings. The average molecular weight is 294 g/mol. The van der Waals surface area contributed by atoms with Gasteiger partial charge in [-0.15, -0.1) is 0 Å². The van der Waals surface area contributed by atoms with Gasteiger partial charge < -0.3 is 19.6 Å². The average Bonchev–Trinajstić information content (AvgIpc) is 3.15. The molecule has 0 aromatic carbocycles. The fourth-order valence-corrected chi connectivity index (χ4v) is 3.58. The highest BCUT2D eigenvalue weighted by molar-refractivity contribution is 5.86. The fourth-order valence-electron chi connectivity index (χ4n) is 3.58. The van der Waals surface area contributed by atoms with Crippen molar-refractivity contribution in [2.45, 2.75) is 38.3 Å². The van der Waals surface area contributed by atoms with Crippen LogP contribution in [-0.2, 0) is 4.79 Å². The molecule has 2 aliphatic heterocycles. The maximum absolute atomic E-state index is 12.6. The molecule has 118 valence electrons. The molecule has 6 heteroatoms. The Kier molecular flexibility index (Phi) is 3.59. The Bertz CT molecular complexity index is 447. The Hall–Kier alpha value is -1.30. The first-order valence-corrected chi connectivity index (χ1v) is 7.93. The number of carbonyl (C=O) groups is 2. The monoisotopic (exact) mass is 294 g/mol. The van der Waals surface area contributed by atoms with E-state index in [4.69, 9.17) is 0 Å². The zero-order valence-electron chi connectivity index (χ0n) is 13.3. The first kappa shape index (κ1) is 14.6. The number of urea groups is 1. The van der Waals surface area contributed by atoms with E-state index in [9.17, 15) is 9.59 Å². The molecule has 1 aliphatic carbocycles. The van der Waals surface area contributed by atoms with Crippen LogP contribution >= 0.6 is 0 Å². The second-order valence-corrected chi connectivity index (χ2v) is 7.22. The number of amides is 3. The normalized spacial score (nSPS) is 26.6. The van der Waals surface area contributed by atoms with Crippen LogP contribution in [0.4, 0.5) is 4.79 Å². The number of nitrogens with zero attached hydrogens (tertiary/aromatic N) is 4. The second kappa shape index (κ2) is 5.16. The van der Waals surface area contributed by atoms with E-state index in [0.717, 1.165) is 39.0 Å². The van der Waals surface area contributed by atoms with Gasteiger partial charge in [-0.2, -0.15) is 0 Å². The third kappa shape index (κ3) is 2.86. The Morgan fingerprint density at radius 3 is 2.52 bits per heavy atom. The molecule has 0 bridgehead atoms. The van der Waals surface area contributed by atoms with Crippen LogP contribution in [0.1, 0.15) is 26.7 Å². The fraction of sp³-hybridized carbons (Fsp3) is 0.867. The Morgan fingerprint density at radius 1 is 1.19 bits per heavy atom. The maximum Gasteiger partial charge on any atom is 0.320 e. The lowest BCUT2D eigenvalue weighted by Gasteiger charge is -2.46. The van der Waals surface area contributed by atoms with Crippen LogP contribution in [0.25, 0.3) is 0 Å². The molecule has 3 fully saturated rings. The molecular weight excluding hydrogens is 268 g/mol. The summed E-state index contributed by atoms with van der Waals surface area (Å²) in [6.45, 7) is 8.42. The van der Waals surface area contributed by atoms with Crippen molar-refractivity contribution in [3.05, 3.63) is 0 Å². The molecule has 3 amide bonds. The van der Waals surface area contributed by atoms with Crippen molar-refractivity contribution in [1.82, 2.24) is 19.6 Å². The minimum Gasteiger partial charge on any atom is -0.333 e. The van der Waals surface area contributed by atoms with Crippen LogP contribution in [0.15, 0.2) is 0 Å². The van der Waals surface area contributed by atoms with E-state index in [2.05, 4.69) is 25.8 Å². The Morgan fingerprint density at radius 2 is 1.90 bits per heavy atom. The van der Waals surface area contributed by atoms with Crippen LogP contribution in [0, 0.1) is 0 Å². The van der Waals surface area contributed by atoms with E-state index < -0.39 is 0 Å². The minimum absolute atomic E-state index is 0.0535. The highest BCUT2D eigenvalue weighted by Gasteiger charge is 2.41. The van der Waals surface area contributed by atoms with Crippen molar-refractivity contribution in [2.24, 2.45) is 0 Å². The van der Waals surface area contributed by atoms with Gasteiger partial charge in [0, 0.05) is 38.8 Å². The molecule has 3 rings (SSSR count). The van der Waals surface area contributed by atoms with Crippen molar-refractivity contribution in [3.63, 3.8) is 0 Å². The first-order chi connectivity index (χ1) is 9.88. The van der Waals surface area contributed by atoms with E-state index in [-0.39, 0.29) is 24.0 Å². The Labute approximate surface area is 126 Å².